The molecule has 1 aromatic carbocycles. The Morgan fingerprint density at radius 1 is 1.05 bits per heavy atom. The molecule has 0 spiro atoms. The monoisotopic (exact) mass is 576 g/mol. The highest BCUT2D eigenvalue weighted by atomic mass is 35.5. The number of rotatable bonds is 8. The number of likely N-dealkylation sites (tertiary alicyclic amines) is 1. The minimum Gasteiger partial charge on any atom is -0.368 e. The average molecular weight is 578 g/mol. The van der Waals surface area contributed by atoms with E-state index in [-0.39, 0.29) is 5.54 Å². The number of piperidine rings is 1. The molecule has 1 saturated heterocycles. The molecule has 5 rings (SSSR count). The van der Waals surface area contributed by atoms with Crippen LogP contribution in [0.4, 0.5) is 11.6 Å². The lowest BCUT2D eigenvalue weighted by Gasteiger charge is -2.40. The van der Waals surface area contributed by atoms with Gasteiger partial charge in [0.25, 0.3) is 0 Å². The predicted octanol–water partition coefficient (Wildman–Crippen LogP) is 6.55. The maximum Gasteiger partial charge on any atom is 0.152 e. The summed E-state index contributed by atoms with van der Waals surface area (Å²) in [5.74, 6) is 2.06. The van der Waals surface area contributed by atoms with Crippen molar-refractivity contribution < 1.29 is 0 Å². The molecule has 0 unspecified atom stereocenters. The van der Waals surface area contributed by atoms with E-state index < -0.39 is 0 Å². The lowest BCUT2D eigenvalue weighted by molar-refractivity contribution is 0.0873. The van der Waals surface area contributed by atoms with E-state index in [2.05, 4.69) is 53.4 Å². The largest absolute Gasteiger partial charge is 0.368 e. The first-order valence-electron chi connectivity index (χ1n) is 13.6. The molecule has 0 radical (unpaired) electrons. The van der Waals surface area contributed by atoms with Gasteiger partial charge in [-0.15, -0.1) is 0 Å². The van der Waals surface area contributed by atoms with Crippen molar-refractivity contribution in [3.63, 3.8) is 0 Å². The van der Waals surface area contributed by atoms with Crippen molar-refractivity contribution in [1.29, 1.82) is 5.26 Å². The van der Waals surface area contributed by atoms with Gasteiger partial charge in [-0.25, -0.2) is 14.5 Å². The minimum atomic E-state index is 0.213. The Morgan fingerprint density at radius 2 is 1.82 bits per heavy atom. The molecule has 208 valence electrons. The van der Waals surface area contributed by atoms with Gasteiger partial charge in [-0.1, -0.05) is 23.2 Å². The average Bonchev–Trinajstić information content (AvgIpc) is 3.33. The summed E-state index contributed by atoms with van der Waals surface area (Å²) in [6.45, 7) is 10.3. The van der Waals surface area contributed by atoms with Crippen LogP contribution in [-0.2, 0) is 6.42 Å². The number of hydrogen-bond donors (Lipinski definition) is 2. The van der Waals surface area contributed by atoms with E-state index in [1.54, 1.807) is 24.4 Å². The van der Waals surface area contributed by atoms with E-state index in [1.165, 1.54) is 12.8 Å². The van der Waals surface area contributed by atoms with Crippen LogP contribution in [0.2, 0.25) is 10.0 Å². The summed E-state index contributed by atoms with van der Waals surface area (Å²) in [4.78, 5) is 11.8. The Balaban J connectivity index is 1.35. The first kappa shape index (κ1) is 28.2. The van der Waals surface area contributed by atoms with Crippen molar-refractivity contribution in [3.05, 3.63) is 70.1 Å². The second-order valence-electron chi connectivity index (χ2n) is 11.3. The molecule has 4 heterocycles. The van der Waals surface area contributed by atoms with E-state index in [9.17, 15) is 0 Å². The van der Waals surface area contributed by atoms with Crippen LogP contribution in [-0.4, -0.2) is 56.2 Å². The first-order valence-corrected chi connectivity index (χ1v) is 14.4. The highest BCUT2D eigenvalue weighted by Gasteiger charge is 2.27. The highest BCUT2D eigenvalue weighted by Crippen LogP contribution is 2.32. The van der Waals surface area contributed by atoms with Gasteiger partial charge in [0, 0.05) is 35.4 Å². The smallest absolute Gasteiger partial charge is 0.152 e. The van der Waals surface area contributed by atoms with Crippen LogP contribution in [0.25, 0.3) is 16.8 Å². The molecule has 0 bridgehead atoms. The van der Waals surface area contributed by atoms with Gasteiger partial charge in [0.05, 0.1) is 28.2 Å². The van der Waals surface area contributed by atoms with Crippen LogP contribution in [0.3, 0.4) is 0 Å². The molecule has 10 heteroatoms. The summed E-state index contributed by atoms with van der Waals surface area (Å²) in [5.41, 5.74) is 4.24. The first-order chi connectivity index (χ1) is 19.2. The zero-order valence-electron chi connectivity index (χ0n) is 23.1. The van der Waals surface area contributed by atoms with Crippen molar-refractivity contribution in [2.24, 2.45) is 5.92 Å². The van der Waals surface area contributed by atoms with Crippen molar-refractivity contribution in [2.75, 3.05) is 36.8 Å². The van der Waals surface area contributed by atoms with Gasteiger partial charge in [0.2, 0.25) is 0 Å². The van der Waals surface area contributed by atoms with Crippen LogP contribution in [0, 0.1) is 17.2 Å². The molecule has 40 heavy (non-hydrogen) atoms. The summed E-state index contributed by atoms with van der Waals surface area (Å²) in [5, 5.41) is 21.8. The number of nitrogens with zero attached hydrogens (tertiary/aromatic N) is 6. The fourth-order valence-electron chi connectivity index (χ4n) is 5.14. The molecule has 0 saturated carbocycles. The van der Waals surface area contributed by atoms with Gasteiger partial charge in [0.15, 0.2) is 5.82 Å². The van der Waals surface area contributed by atoms with E-state index in [1.807, 2.05) is 22.8 Å². The number of halogens is 2. The lowest BCUT2D eigenvalue weighted by Crippen LogP contribution is -2.46. The second-order valence-corrected chi connectivity index (χ2v) is 12.1. The zero-order chi connectivity index (χ0) is 28.3. The number of aromatic nitrogens is 4. The van der Waals surface area contributed by atoms with Crippen LogP contribution in [0.15, 0.2) is 48.8 Å². The molecular weight excluding hydrogens is 543 g/mol. The molecule has 1 aliphatic rings. The Bertz CT molecular complexity index is 1510. The van der Waals surface area contributed by atoms with Crippen LogP contribution >= 0.6 is 23.2 Å². The summed E-state index contributed by atoms with van der Waals surface area (Å²) in [7, 11) is 0. The van der Waals surface area contributed by atoms with Gasteiger partial charge in [-0.2, -0.15) is 10.4 Å². The summed E-state index contributed by atoms with van der Waals surface area (Å²) in [6, 6.07) is 13.2. The maximum absolute atomic E-state index is 8.97. The van der Waals surface area contributed by atoms with E-state index in [4.69, 9.17) is 38.5 Å². The number of fused-ring (bicyclic) bond motifs is 1. The van der Waals surface area contributed by atoms with Crippen molar-refractivity contribution in [3.8, 4) is 17.3 Å². The number of pyridine rings is 1. The standard InChI is InChI=1S/C30H34Cl2N8/c1-30(2,3)39-12-8-20(9-13-39)14-23-16-27-29(35-11-10-34-28-7-4-21(17-33)18-36-28)37-26(19-40(27)38-23)24-6-5-22(31)15-25(24)32/h4-7,15-16,18-20H,8-14H2,1-3H3,(H,34,36)(H,35,37). The maximum atomic E-state index is 8.97. The molecule has 0 aliphatic carbocycles. The van der Waals surface area contributed by atoms with Crippen molar-refractivity contribution in [1.82, 2.24) is 24.5 Å². The Kier molecular flexibility index (Phi) is 8.46. The zero-order valence-corrected chi connectivity index (χ0v) is 24.6. The van der Waals surface area contributed by atoms with Crippen molar-refractivity contribution in [2.45, 2.75) is 45.6 Å². The second kappa shape index (κ2) is 12.0. The fraction of sp³-hybridized carbons (Fsp3) is 0.400. The number of nitrogens with one attached hydrogen (secondary N) is 2. The molecule has 1 fully saturated rings. The number of hydrogen-bond acceptors (Lipinski definition) is 7. The van der Waals surface area contributed by atoms with Gasteiger partial charge in [-0.3, -0.25) is 4.90 Å². The molecule has 3 aromatic heterocycles. The lowest BCUT2D eigenvalue weighted by atomic mass is 9.90. The molecule has 0 amide bonds. The molecule has 2 N–H and O–H groups in total. The Morgan fingerprint density at radius 3 is 2.50 bits per heavy atom. The molecule has 8 nitrogen and oxygen atoms in total. The Labute approximate surface area is 245 Å². The number of anilines is 2. The molecular formula is C30H34Cl2N8. The van der Waals surface area contributed by atoms with Gasteiger partial charge in [0.1, 0.15) is 17.4 Å². The third-order valence-electron chi connectivity index (χ3n) is 7.39. The Hall–Kier alpha value is -3.38. The summed E-state index contributed by atoms with van der Waals surface area (Å²) >= 11 is 12.7. The van der Waals surface area contributed by atoms with Crippen LogP contribution < -0.4 is 10.6 Å². The topological polar surface area (TPSA) is 94.2 Å². The van der Waals surface area contributed by atoms with E-state index in [0.29, 0.717) is 46.1 Å². The van der Waals surface area contributed by atoms with Gasteiger partial charge >= 0.3 is 0 Å². The van der Waals surface area contributed by atoms with Crippen molar-refractivity contribution >= 4 is 40.4 Å². The van der Waals surface area contributed by atoms with Gasteiger partial charge in [-0.05, 0) is 95.4 Å². The third kappa shape index (κ3) is 6.67. The molecule has 0 atom stereocenters. The fourth-order valence-corrected chi connectivity index (χ4v) is 5.64. The number of nitriles is 1. The van der Waals surface area contributed by atoms with E-state index >= 15 is 0 Å². The molecule has 1 aliphatic heterocycles. The summed E-state index contributed by atoms with van der Waals surface area (Å²) < 4.78 is 1.91. The highest BCUT2D eigenvalue weighted by molar-refractivity contribution is 6.36. The molecule has 4 aromatic rings. The minimum absolute atomic E-state index is 0.213. The van der Waals surface area contributed by atoms with Crippen LogP contribution in [0.1, 0.15) is 44.9 Å². The van der Waals surface area contributed by atoms with Crippen LogP contribution in [0.5, 0.6) is 0 Å². The third-order valence-corrected chi connectivity index (χ3v) is 7.94. The van der Waals surface area contributed by atoms with E-state index in [0.717, 1.165) is 42.1 Å². The quantitative estimate of drug-likeness (QED) is 0.230. The summed E-state index contributed by atoms with van der Waals surface area (Å²) in [6.07, 6.45) is 6.79. The number of benzene rings is 1. The normalized spacial score (nSPS) is 14.8. The predicted molar refractivity (Wildman–Crippen MR) is 162 cm³/mol. The van der Waals surface area contributed by atoms with Gasteiger partial charge < -0.3 is 10.6 Å². The SMILES string of the molecule is CC(C)(C)N1CCC(Cc2cc3c(NCCNc4ccc(C#N)cn4)nc(-c4ccc(Cl)cc4Cl)cn3n2)CC1.